The molecule has 1 amide bonds. The van der Waals surface area contributed by atoms with Crippen LogP contribution in [0.15, 0.2) is 24.3 Å². The number of nitrogens with zero attached hydrogens (tertiary/aromatic N) is 4. The van der Waals surface area contributed by atoms with Crippen LogP contribution in [-0.4, -0.2) is 36.9 Å². The lowest BCUT2D eigenvalue weighted by Gasteiger charge is -2.07. The molecule has 2 rings (SSSR count). The van der Waals surface area contributed by atoms with Gasteiger partial charge in [-0.1, -0.05) is 12.1 Å². The molecule has 0 atom stereocenters. The number of hydrogen-bond donors (Lipinski definition) is 2. The number of anilines is 1. The lowest BCUT2D eigenvalue weighted by molar-refractivity contribution is -0.384. The van der Waals surface area contributed by atoms with Gasteiger partial charge in [-0.05, 0) is 18.6 Å². The van der Waals surface area contributed by atoms with Crippen molar-refractivity contribution in [1.29, 1.82) is 0 Å². The molecule has 2 N–H and O–H groups in total. The Morgan fingerprint density at radius 1 is 1.35 bits per heavy atom. The van der Waals surface area contributed by atoms with E-state index in [2.05, 4.69) is 15.6 Å². The first-order valence-corrected chi connectivity index (χ1v) is 6.62. The van der Waals surface area contributed by atoms with Crippen molar-refractivity contribution in [2.24, 2.45) is 0 Å². The minimum Gasteiger partial charge on any atom is -0.476 e. The predicted molar refractivity (Wildman–Crippen MR) is 78.1 cm³/mol. The number of benzene rings is 1. The van der Waals surface area contributed by atoms with Gasteiger partial charge in [0.25, 0.3) is 5.69 Å². The third kappa shape index (κ3) is 3.67. The third-order valence-corrected chi connectivity index (χ3v) is 3.03. The number of rotatable bonds is 6. The quantitative estimate of drug-likeness (QED) is 0.599. The number of nitrogens with one attached hydrogen (secondary N) is 1. The van der Waals surface area contributed by atoms with Crippen molar-refractivity contribution in [2.45, 2.75) is 19.9 Å². The second kappa shape index (κ2) is 6.64. The van der Waals surface area contributed by atoms with Gasteiger partial charge >= 0.3 is 5.97 Å². The summed E-state index contributed by atoms with van der Waals surface area (Å²) in [5.41, 5.74) is 0.461. The van der Waals surface area contributed by atoms with Crippen LogP contribution in [-0.2, 0) is 17.8 Å². The minimum absolute atomic E-state index is 0.0846. The van der Waals surface area contributed by atoms with Crippen LogP contribution < -0.4 is 5.32 Å². The molecule has 0 radical (unpaired) electrons. The summed E-state index contributed by atoms with van der Waals surface area (Å²) in [5, 5.41) is 29.3. The average Bonchev–Trinajstić information content (AvgIpc) is 2.90. The summed E-state index contributed by atoms with van der Waals surface area (Å²) in [4.78, 5) is 33.0. The summed E-state index contributed by atoms with van der Waals surface area (Å²) in [6.07, 6.45) is 0.361. The van der Waals surface area contributed by atoms with Crippen molar-refractivity contribution in [2.75, 3.05) is 5.32 Å². The van der Waals surface area contributed by atoms with Crippen molar-refractivity contribution in [3.05, 3.63) is 45.8 Å². The van der Waals surface area contributed by atoms with Crippen LogP contribution in [0.25, 0.3) is 0 Å². The fourth-order valence-corrected chi connectivity index (χ4v) is 1.98. The van der Waals surface area contributed by atoms with Gasteiger partial charge in [0.15, 0.2) is 5.69 Å². The molecule has 10 nitrogen and oxygen atoms in total. The minimum atomic E-state index is -1.20. The van der Waals surface area contributed by atoms with E-state index in [4.69, 9.17) is 5.11 Å². The SMILES string of the molecule is CCc1c(C(=O)O)nnn1CC(=O)Nc1ccc([N+](=O)[O-])cc1. The molecule has 1 heterocycles. The van der Waals surface area contributed by atoms with Crippen LogP contribution >= 0.6 is 0 Å². The monoisotopic (exact) mass is 319 g/mol. The van der Waals surface area contributed by atoms with E-state index in [1.807, 2.05) is 0 Å². The normalized spacial score (nSPS) is 10.3. The maximum atomic E-state index is 12.0. The van der Waals surface area contributed by atoms with E-state index in [-0.39, 0.29) is 17.9 Å². The Morgan fingerprint density at radius 3 is 2.52 bits per heavy atom. The first-order chi connectivity index (χ1) is 10.9. The number of aromatic nitrogens is 3. The van der Waals surface area contributed by atoms with E-state index in [9.17, 15) is 19.7 Å². The van der Waals surface area contributed by atoms with Crippen LogP contribution in [0.1, 0.15) is 23.1 Å². The van der Waals surface area contributed by atoms with Gasteiger partial charge in [0.1, 0.15) is 6.54 Å². The predicted octanol–water partition coefficient (Wildman–Crippen LogP) is 1.09. The first-order valence-electron chi connectivity index (χ1n) is 6.62. The maximum absolute atomic E-state index is 12.0. The lowest BCUT2D eigenvalue weighted by Crippen LogP contribution is -2.21. The number of carboxylic acid groups (broad SMARTS) is 1. The van der Waals surface area contributed by atoms with Crippen molar-refractivity contribution < 1.29 is 19.6 Å². The zero-order valence-electron chi connectivity index (χ0n) is 12.1. The average molecular weight is 319 g/mol. The van der Waals surface area contributed by atoms with Crippen LogP contribution in [0.5, 0.6) is 0 Å². The summed E-state index contributed by atoms with van der Waals surface area (Å²) in [6.45, 7) is 1.52. The molecule has 120 valence electrons. The van der Waals surface area contributed by atoms with Gasteiger partial charge in [0.2, 0.25) is 5.91 Å². The summed E-state index contributed by atoms with van der Waals surface area (Å²) in [7, 11) is 0. The molecular weight excluding hydrogens is 306 g/mol. The number of aromatic carboxylic acids is 1. The highest BCUT2D eigenvalue weighted by Gasteiger charge is 2.19. The molecule has 0 aliphatic carbocycles. The number of non-ortho nitro benzene ring substituents is 1. The maximum Gasteiger partial charge on any atom is 0.358 e. The van der Waals surface area contributed by atoms with Gasteiger partial charge in [-0.25, -0.2) is 9.48 Å². The van der Waals surface area contributed by atoms with Crippen LogP contribution in [0.2, 0.25) is 0 Å². The molecule has 2 aromatic rings. The van der Waals surface area contributed by atoms with Crippen LogP contribution in [0, 0.1) is 10.1 Å². The fraction of sp³-hybridized carbons (Fsp3) is 0.231. The molecule has 0 aliphatic heterocycles. The van der Waals surface area contributed by atoms with E-state index in [1.54, 1.807) is 6.92 Å². The molecular formula is C13H13N5O5. The zero-order valence-corrected chi connectivity index (χ0v) is 12.1. The summed E-state index contributed by atoms with van der Waals surface area (Å²) in [6, 6.07) is 5.34. The van der Waals surface area contributed by atoms with Crippen molar-refractivity contribution in [3.63, 3.8) is 0 Å². The number of nitro benzene ring substituents is 1. The van der Waals surface area contributed by atoms with Gasteiger partial charge in [-0.15, -0.1) is 5.10 Å². The zero-order chi connectivity index (χ0) is 17.0. The Balaban J connectivity index is 2.08. The number of carbonyl (C=O) groups excluding carboxylic acids is 1. The van der Waals surface area contributed by atoms with Gasteiger partial charge in [0.05, 0.1) is 10.6 Å². The highest BCUT2D eigenvalue weighted by atomic mass is 16.6. The summed E-state index contributed by atoms with van der Waals surface area (Å²) < 4.78 is 1.21. The van der Waals surface area contributed by atoms with Gasteiger partial charge < -0.3 is 10.4 Å². The number of nitro groups is 1. The number of carbonyl (C=O) groups is 2. The van der Waals surface area contributed by atoms with Crippen molar-refractivity contribution in [1.82, 2.24) is 15.0 Å². The van der Waals surface area contributed by atoms with Gasteiger partial charge in [-0.2, -0.15) is 0 Å². The molecule has 0 saturated carbocycles. The Morgan fingerprint density at radius 2 is 2.00 bits per heavy atom. The number of amides is 1. The second-order valence-electron chi connectivity index (χ2n) is 4.55. The van der Waals surface area contributed by atoms with Crippen molar-refractivity contribution >= 4 is 23.3 Å². The highest BCUT2D eigenvalue weighted by molar-refractivity contribution is 5.91. The Hall–Kier alpha value is -3.30. The lowest BCUT2D eigenvalue weighted by atomic mass is 10.2. The molecule has 0 saturated heterocycles. The van der Waals surface area contributed by atoms with Crippen LogP contribution in [0.4, 0.5) is 11.4 Å². The topological polar surface area (TPSA) is 140 Å². The standard InChI is InChI=1S/C13H13N5O5/c1-2-10-12(13(20)21)15-16-17(10)7-11(19)14-8-3-5-9(6-4-8)18(22)23/h3-6H,2,7H2,1H3,(H,14,19)(H,20,21). The highest BCUT2D eigenvalue weighted by Crippen LogP contribution is 2.15. The van der Waals surface area contributed by atoms with Gasteiger partial charge in [-0.3, -0.25) is 14.9 Å². The largest absolute Gasteiger partial charge is 0.476 e. The Bertz CT molecular complexity index is 753. The molecule has 1 aromatic heterocycles. The van der Waals surface area contributed by atoms with E-state index < -0.39 is 16.8 Å². The van der Waals surface area contributed by atoms with Gasteiger partial charge in [0, 0.05) is 17.8 Å². The molecule has 0 spiro atoms. The number of hydrogen-bond acceptors (Lipinski definition) is 6. The van der Waals surface area contributed by atoms with E-state index in [0.29, 0.717) is 17.8 Å². The second-order valence-corrected chi connectivity index (χ2v) is 4.55. The summed E-state index contributed by atoms with van der Waals surface area (Å²) in [5.74, 6) is -1.65. The van der Waals surface area contributed by atoms with Crippen molar-refractivity contribution in [3.8, 4) is 0 Å². The molecule has 23 heavy (non-hydrogen) atoms. The Kier molecular flexibility index (Phi) is 4.64. The first kappa shape index (κ1) is 16.1. The molecule has 0 fully saturated rings. The van der Waals surface area contributed by atoms with E-state index in [0.717, 1.165) is 0 Å². The molecule has 0 unspecified atom stereocenters. The molecule has 10 heteroatoms. The molecule has 1 aromatic carbocycles. The van der Waals surface area contributed by atoms with E-state index in [1.165, 1.54) is 28.9 Å². The Labute approximate surface area is 129 Å². The third-order valence-electron chi connectivity index (χ3n) is 3.03. The molecule has 0 aliphatic rings. The fourth-order valence-electron chi connectivity index (χ4n) is 1.98. The number of carboxylic acids is 1. The molecule has 0 bridgehead atoms. The van der Waals surface area contributed by atoms with Crippen LogP contribution in [0.3, 0.4) is 0 Å². The van der Waals surface area contributed by atoms with E-state index >= 15 is 0 Å². The smallest absolute Gasteiger partial charge is 0.358 e. The summed E-state index contributed by atoms with van der Waals surface area (Å²) >= 11 is 0.